The summed E-state index contributed by atoms with van der Waals surface area (Å²) in [6, 6.07) is 14.3. The molecule has 2 N–H and O–H groups in total. The van der Waals surface area contributed by atoms with Crippen molar-refractivity contribution in [2.24, 2.45) is 5.73 Å². The lowest BCUT2D eigenvalue weighted by Gasteiger charge is -2.11. The fourth-order valence-electron chi connectivity index (χ4n) is 2.19. The Kier molecular flexibility index (Phi) is 3.12. The van der Waals surface area contributed by atoms with Crippen molar-refractivity contribution in [3.63, 3.8) is 0 Å². The van der Waals surface area contributed by atoms with Gasteiger partial charge in [0.15, 0.2) is 0 Å². The maximum atomic E-state index is 5.92. The summed E-state index contributed by atoms with van der Waals surface area (Å²) in [5.74, 6) is 0. The number of nitrogens with two attached hydrogens (primary N) is 1. The van der Waals surface area contributed by atoms with Crippen molar-refractivity contribution in [1.82, 2.24) is 9.78 Å². The fourth-order valence-corrected chi connectivity index (χ4v) is 2.92. The molecule has 0 amide bonds. The molecule has 2 aromatic carbocycles. The third-order valence-corrected chi connectivity index (χ3v) is 3.88. The Morgan fingerprint density at radius 3 is 2.74 bits per heavy atom. The Labute approximate surface area is 120 Å². The summed E-state index contributed by atoms with van der Waals surface area (Å²) in [5, 5.41) is 5.58. The Morgan fingerprint density at radius 2 is 2.00 bits per heavy atom. The van der Waals surface area contributed by atoms with Crippen LogP contribution in [-0.4, -0.2) is 9.78 Å². The molecule has 19 heavy (non-hydrogen) atoms. The zero-order valence-electron chi connectivity index (χ0n) is 10.5. The molecule has 0 spiro atoms. The van der Waals surface area contributed by atoms with Crippen LogP contribution in [0.1, 0.15) is 18.5 Å². The van der Waals surface area contributed by atoms with Crippen molar-refractivity contribution in [3.05, 3.63) is 58.7 Å². The summed E-state index contributed by atoms with van der Waals surface area (Å²) >= 11 is 3.58. The van der Waals surface area contributed by atoms with Crippen LogP contribution in [0.15, 0.2) is 53.1 Å². The second kappa shape index (κ2) is 4.79. The van der Waals surface area contributed by atoms with Crippen LogP contribution in [0.2, 0.25) is 0 Å². The number of halogens is 1. The van der Waals surface area contributed by atoms with Crippen LogP contribution in [0.5, 0.6) is 0 Å². The normalized spacial score (nSPS) is 12.8. The minimum Gasteiger partial charge on any atom is -0.324 e. The van der Waals surface area contributed by atoms with E-state index in [0.29, 0.717) is 0 Å². The minimum atomic E-state index is 0.0118. The maximum Gasteiger partial charge on any atom is 0.0741 e. The number of hydrogen-bond donors (Lipinski definition) is 1. The third kappa shape index (κ3) is 2.17. The summed E-state index contributed by atoms with van der Waals surface area (Å²) in [7, 11) is 0. The molecule has 3 aromatic rings. The van der Waals surface area contributed by atoms with E-state index in [0.717, 1.165) is 26.6 Å². The molecule has 0 aliphatic rings. The monoisotopic (exact) mass is 315 g/mol. The first-order chi connectivity index (χ1) is 9.16. The Hall–Kier alpha value is -1.65. The lowest BCUT2D eigenvalue weighted by atomic mass is 10.1. The Morgan fingerprint density at radius 1 is 1.21 bits per heavy atom. The summed E-state index contributed by atoms with van der Waals surface area (Å²) in [6.45, 7) is 1.98. The molecule has 0 bridgehead atoms. The quantitative estimate of drug-likeness (QED) is 0.781. The van der Waals surface area contributed by atoms with Gasteiger partial charge in [0.05, 0.1) is 17.4 Å². The van der Waals surface area contributed by atoms with Crippen molar-refractivity contribution >= 4 is 26.8 Å². The van der Waals surface area contributed by atoms with Gasteiger partial charge in [-0.05, 0) is 30.7 Å². The maximum absolute atomic E-state index is 5.92. The second-order valence-electron chi connectivity index (χ2n) is 4.61. The van der Waals surface area contributed by atoms with Gasteiger partial charge in [-0.25, -0.2) is 4.68 Å². The first-order valence-electron chi connectivity index (χ1n) is 6.15. The van der Waals surface area contributed by atoms with E-state index in [1.54, 1.807) is 0 Å². The van der Waals surface area contributed by atoms with E-state index in [9.17, 15) is 0 Å². The van der Waals surface area contributed by atoms with Crippen LogP contribution in [0, 0.1) is 0 Å². The van der Waals surface area contributed by atoms with Crippen LogP contribution in [-0.2, 0) is 0 Å². The smallest absolute Gasteiger partial charge is 0.0741 e. The molecule has 1 heterocycles. The van der Waals surface area contributed by atoms with Crippen molar-refractivity contribution in [2.45, 2.75) is 13.0 Å². The standard InChI is InChI=1S/C15H14BrN3/c1-10(17)13-7-6-12(8-14(13)16)19-15-5-3-2-4-11(15)9-18-19/h2-10H,17H2,1H3. The predicted molar refractivity (Wildman–Crippen MR) is 81.4 cm³/mol. The summed E-state index contributed by atoms with van der Waals surface area (Å²) in [4.78, 5) is 0. The number of para-hydroxylation sites is 1. The molecule has 1 atom stereocenters. The van der Waals surface area contributed by atoms with Gasteiger partial charge in [-0.1, -0.05) is 40.2 Å². The largest absolute Gasteiger partial charge is 0.324 e. The van der Waals surface area contributed by atoms with Crippen molar-refractivity contribution in [2.75, 3.05) is 0 Å². The van der Waals surface area contributed by atoms with Gasteiger partial charge in [0.1, 0.15) is 0 Å². The van der Waals surface area contributed by atoms with E-state index in [1.807, 2.05) is 42.1 Å². The summed E-state index contributed by atoms with van der Waals surface area (Å²) in [5.41, 5.74) is 9.14. The fraction of sp³-hybridized carbons (Fsp3) is 0.133. The molecular weight excluding hydrogens is 302 g/mol. The van der Waals surface area contributed by atoms with Crippen LogP contribution >= 0.6 is 15.9 Å². The topological polar surface area (TPSA) is 43.8 Å². The van der Waals surface area contributed by atoms with Gasteiger partial charge in [0.2, 0.25) is 0 Å². The van der Waals surface area contributed by atoms with Gasteiger partial charge in [0, 0.05) is 15.9 Å². The number of benzene rings is 2. The number of rotatable bonds is 2. The molecule has 4 heteroatoms. The zero-order chi connectivity index (χ0) is 13.4. The van der Waals surface area contributed by atoms with Gasteiger partial charge < -0.3 is 5.73 Å². The van der Waals surface area contributed by atoms with Crippen LogP contribution < -0.4 is 5.73 Å². The van der Waals surface area contributed by atoms with Crippen molar-refractivity contribution in [1.29, 1.82) is 0 Å². The lowest BCUT2D eigenvalue weighted by molar-refractivity contribution is 0.810. The van der Waals surface area contributed by atoms with E-state index in [-0.39, 0.29) is 6.04 Å². The van der Waals surface area contributed by atoms with Gasteiger partial charge in [0.25, 0.3) is 0 Å². The molecule has 1 aromatic heterocycles. The molecule has 0 saturated carbocycles. The molecule has 0 saturated heterocycles. The van der Waals surface area contributed by atoms with E-state index in [2.05, 4.69) is 39.2 Å². The van der Waals surface area contributed by atoms with Gasteiger partial charge in [-0.15, -0.1) is 0 Å². The second-order valence-corrected chi connectivity index (χ2v) is 5.46. The highest BCUT2D eigenvalue weighted by Crippen LogP contribution is 2.26. The lowest BCUT2D eigenvalue weighted by Crippen LogP contribution is -2.06. The van der Waals surface area contributed by atoms with Crippen molar-refractivity contribution < 1.29 is 0 Å². The molecule has 0 aliphatic carbocycles. The van der Waals surface area contributed by atoms with Crippen LogP contribution in [0.25, 0.3) is 16.6 Å². The van der Waals surface area contributed by atoms with Gasteiger partial charge >= 0.3 is 0 Å². The molecule has 96 valence electrons. The first kappa shape index (κ1) is 12.4. The van der Waals surface area contributed by atoms with E-state index in [1.165, 1.54) is 0 Å². The SMILES string of the molecule is CC(N)c1ccc(-n2ncc3ccccc32)cc1Br. The van der Waals surface area contributed by atoms with Gasteiger partial charge in [-0.2, -0.15) is 5.10 Å². The number of hydrogen-bond acceptors (Lipinski definition) is 2. The third-order valence-electron chi connectivity index (χ3n) is 3.20. The average Bonchev–Trinajstić information content (AvgIpc) is 2.82. The summed E-state index contributed by atoms with van der Waals surface area (Å²) < 4.78 is 2.95. The molecule has 1 unspecified atom stereocenters. The minimum absolute atomic E-state index is 0.0118. The molecule has 3 nitrogen and oxygen atoms in total. The van der Waals surface area contributed by atoms with Crippen LogP contribution in [0.4, 0.5) is 0 Å². The number of nitrogens with zero attached hydrogens (tertiary/aromatic N) is 2. The average molecular weight is 316 g/mol. The highest BCUT2D eigenvalue weighted by Gasteiger charge is 2.09. The molecular formula is C15H14BrN3. The van der Waals surface area contributed by atoms with E-state index in [4.69, 9.17) is 5.73 Å². The zero-order valence-corrected chi connectivity index (χ0v) is 12.1. The van der Waals surface area contributed by atoms with Gasteiger partial charge in [-0.3, -0.25) is 0 Å². The Bertz CT molecular complexity index is 731. The molecule has 3 rings (SSSR count). The van der Waals surface area contributed by atoms with Crippen LogP contribution in [0.3, 0.4) is 0 Å². The van der Waals surface area contributed by atoms with E-state index >= 15 is 0 Å². The molecule has 0 fully saturated rings. The van der Waals surface area contributed by atoms with E-state index < -0.39 is 0 Å². The Balaban J connectivity index is 2.14. The highest BCUT2D eigenvalue weighted by molar-refractivity contribution is 9.10. The molecule has 0 radical (unpaired) electrons. The molecule has 0 aliphatic heterocycles. The summed E-state index contributed by atoms with van der Waals surface area (Å²) in [6.07, 6.45) is 1.88. The predicted octanol–water partition coefficient (Wildman–Crippen LogP) is 3.81. The number of fused-ring (bicyclic) bond motifs is 1. The first-order valence-corrected chi connectivity index (χ1v) is 6.94. The number of aromatic nitrogens is 2. The van der Waals surface area contributed by atoms with Crippen molar-refractivity contribution in [3.8, 4) is 5.69 Å². The highest BCUT2D eigenvalue weighted by atomic mass is 79.9.